The molecule has 4 rings (SSSR count). The van der Waals surface area contributed by atoms with Crippen molar-refractivity contribution in [3.8, 4) is 23.0 Å². The first-order chi connectivity index (χ1) is 14.3. The standard InChI is InChI=1S/C23H30N2O4/c1-26-20-5-3-19(4-6-20)9-11-25-14-12-24(13-15-25)10-2-16-27-21-7-8-22-23(17-21)29-18-28-22/h3-8,17H,2,9-16,18H2,1H3. The molecule has 2 heterocycles. The summed E-state index contributed by atoms with van der Waals surface area (Å²) in [6, 6.07) is 14.2. The second-order valence-corrected chi connectivity index (χ2v) is 7.50. The fourth-order valence-electron chi connectivity index (χ4n) is 3.76. The van der Waals surface area contributed by atoms with Gasteiger partial charge in [-0.3, -0.25) is 0 Å². The number of nitrogens with zero attached hydrogens (tertiary/aromatic N) is 2. The molecular weight excluding hydrogens is 368 g/mol. The van der Waals surface area contributed by atoms with E-state index in [1.54, 1.807) is 7.11 Å². The van der Waals surface area contributed by atoms with Gasteiger partial charge in [-0.05, 0) is 42.7 Å². The predicted octanol–water partition coefficient (Wildman–Crippen LogP) is 3.05. The van der Waals surface area contributed by atoms with Gasteiger partial charge in [0.1, 0.15) is 11.5 Å². The van der Waals surface area contributed by atoms with Crippen LogP contribution in [0.1, 0.15) is 12.0 Å². The fraction of sp³-hybridized carbons (Fsp3) is 0.478. The Morgan fingerprint density at radius 3 is 2.28 bits per heavy atom. The average molecular weight is 399 g/mol. The van der Waals surface area contributed by atoms with Crippen LogP contribution in [0.25, 0.3) is 0 Å². The van der Waals surface area contributed by atoms with E-state index in [1.807, 2.05) is 30.3 Å². The predicted molar refractivity (Wildman–Crippen MR) is 112 cm³/mol. The maximum absolute atomic E-state index is 5.87. The quantitative estimate of drug-likeness (QED) is 0.605. The molecule has 0 radical (unpaired) electrons. The minimum absolute atomic E-state index is 0.296. The Balaban J connectivity index is 1.09. The summed E-state index contributed by atoms with van der Waals surface area (Å²) < 4.78 is 21.8. The number of ether oxygens (including phenoxy) is 4. The van der Waals surface area contributed by atoms with Crippen LogP contribution in [0.15, 0.2) is 42.5 Å². The summed E-state index contributed by atoms with van der Waals surface area (Å²) in [4.78, 5) is 5.09. The van der Waals surface area contributed by atoms with Crippen molar-refractivity contribution in [3.63, 3.8) is 0 Å². The van der Waals surface area contributed by atoms with Gasteiger partial charge in [-0.15, -0.1) is 0 Å². The molecule has 0 bridgehead atoms. The highest BCUT2D eigenvalue weighted by molar-refractivity contribution is 5.46. The van der Waals surface area contributed by atoms with Crippen LogP contribution in [0.3, 0.4) is 0 Å². The molecule has 6 nitrogen and oxygen atoms in total. The lowest BCUT2D eigenvalue weighted by molar-refractivity contribution is 0.127. The minimum atomic E-state index is 0.296. The Labute approximate surface area is 172 Å². The molecule has 29 heavy (non-hydrogen) atoms. The van der Waals surface area contributed by atoms with Crippen molar-refractivity contribution in [2.45, 2.75) is 12.8 Å². The van der Waals surface area contributed by atoms with E-state index in [9.17, 15) is 0 Å². The zero-order valence-electron chi connectivity index (χ0n) is 17.1. The summed E-state index contributed by atoms with van der Waals surface area (Å²) >= 11 is 0. The van der Waals surface area contributed by atoms with Crippen LogP contribution < -0.4 is 18.9 Å². The molecule has 1 saturated heterocycles. The van der Waals surface area contributed by atoms with E-state index >= 15 is 0 Å². The fourth-order valence-corrected chi connectivity index (χ4v) is 3.76. The lowest BCUT2D eigenvalue weighted by Crippen LogP contribution is -2.47. The van der Waals surface area contributed by atoms with Gasteiger partial charge in [-0.2, -0.15) is 0 Å². The molecule has 0 spiro atoms. The first-order valence-corrected chi connectivity index (χ1v) is 10.4. The molecule has 0 saturated carbocycles. The van der Waals surface area contributed by atoms with Crippen LogP contribution in [0.4, 0.5) is 0 Å². The maximum Gasteiger partial charge on any atom is 0.231 e. The molecule has 0 N–H and O–H groups in total. The molecule has 156 valence electrons. The molecule has 0 aromatic heterocycles. The van der Waals surface area contributed by atoms with Gasteiger partial charge in [0.15, 0.2) is 11.5 Å². The van der Waals surface area contributed by atoms with E-state index in [0.29, 0.717) is 6.79 Å². The number of fused-ring (bicyclic) bond motifs is 1. The lowest BCUT2D eigenvalue weighted by atomic mass is 10.1. The van der Waals surface area contributed by atoms with Gasteiger partial charge in [0, 0.05) is 45.3 Å². The van der Waals surface area contributed by atoms with Crippen molar-refractivity contribution in [3.05, 3.63) is 48.0 Å². The number of hydrogen-bond donors (Lipinski definition) is 0. The molecule has 6 heteroatoms. The topological polar surface area (TPSA) is 43.4 Å². The van der Waals surface area contributed by atoms with Crippen LogP contribution in [0.2, 0.25) is 0 Å². The first-order valence-electron chi connectivity index (χ1n) is 10.4. The Hall–Kier alpha value is -2.44. The van der Waals surface area contributed by atoms with E-state index < -0.39 is 0 Å². The third kappa shape index (κ3) is 5.55. The van der Waals surface area contributed by atoms with Gasteiger partial charge in [0.05, 0.1) is 13.7 Å². The molecular formula is C23H30N2O4. The maximum atomic E-state index is 5.87. The van der Waals surface area contributed by atoms with Crippen molar-refractivity contribution in [2.24, 2.45) is 0 Å². The van der Waals surface area contributed by atoms with Crippen molar-refractivity contribution >= 4 is 0 Å². The molecule has 0 amide bonds. The number of benzene rings is 2. The van der Waals surface area contributed by atoms with Gasteiger partial charge in [-0.25, -0.2) is 0 Å². The number of methoxy groups -OCH3 is 1. The molecule has 2 aliphatic rings. The number of hydrogen-bond acceptors (Lipinski definition) is 6. The molecule has 2 aromatic rings. The van der Waals surface area contributed by atoms with Crippen LogP contribution in [-0.2, 0) is 6.42 Å². The average Bonchev–Trinajstić information content (AvgIpc) is 3.24. The van der Waals surface area contributed by atoms with Crippen LogP contribution in [0.5, 0.6) is 23.0 Å². The number of rotatable bonds is 9. The van der Waals surface area contributed by atoms with E-state index in [0.717, 1.165) is 81.7 Å². The first kappa shape index (κ1) is 19.9. The van der Waals surface area contributed by atoms with E-state index in [1.165, 1.54) is 5.56 Å². The Kier molecular flexibility index (Phi) is 6.75. The van der Waals surface area contributed by atoms with Gasteiger partial charge >= 0.3 is 0 Å². The van der Waals surface area contributed by atoms with Crippen molar-refractivity contribution in [2.75, 3.05) is 59.8 Å². The zero-order valence-corrected chi connectivity index (χ0v) is 17.1. The van der Waals surface area contributed by atoms with Gasteiger partial charge in [0.25, 0.3) is 0 Å². The molecule has 1 fully saturated rings. The zero-order chi connectivity index (χ0) is 19.9. The van der Waals surface area contributed by atoms with Crippen LogP contribution in [-0.4, -0.2) is 69.6 Å². The third-order valence-electron chi connectivity index (χ3n) is 5.57. The largest absolute Gasteiger partial charge is 0.497 e. The summed E-state index contributed by atoms with van der Waals surface area (Å²) in [5.74, 6) is 3.33. The highest BCUT2D eigenvalue weighted by Crippen LogP contribution is 2.35. The van der Waals surface area contributed by atoms with E-state index in [2.05, 4.69) is 21.9 Å². The normalized spacial score (nSPS) is 16.7. The summed E-state index contributed by atoms with van der Waals surface area (Å²) in [5.41, 5.74) is 1.37. The lowest BCUT2D eigenvalue weighted by Gasteiger charge is -2.34. The molecule has 0 unspecified atom stereocenters. The Morgan fingerprint density at radius 1 is 0.828 bits per heavy atom. The molecule has 0 atom stereocenters. The minimum Gasteiger partial charge on any atom is -0.497 e. The van der Waals surface area contributed by atoms with Crippen molar-refractivity contribution in [1.82, 2.24) is 9.80 Å². The Bertz CT molecular complexity index is 773. The second kappa shape index (κ2) is 9.85. The van der Waals surface area contributed by atoms with Gasteiger partial charge < -0.3 is 28.7 Å². The highest BCUT2D eigenvalue weighted by Gasteiger charge is 2.17. The summed E-state index contributed by atoms with van der Waals surface area (Å²) in [6.07, 6.45) is 2.12. The van der Waals surface area contributed by atoms with Crippen molar-refractivity contribution < 1.29 is 18.9 Å². The van der Waals surface area contributed by atoms with Gasteiger partial charge in [0.2, 0.25) is 6.79 Å². The molecule has 2 aromatic carbocycles. The molecule has 2 aliphatic heterocycles. The van der Waals surface area contributed by atoms with Crippen LogP contribution >= 0.6 is 0 Å². The Morgan fingerprint density at radius 2 is 1.52 bits per heavy atom. The third-order valence-corrected chi connectivity index (χ3v) is 5.57. The van der Waals surface area contributed by atoms with Gasteiger partial charge in [-0.1, -0.05) is 12.1 Å². The van der Waals surface area contributed by atoms with E-state index in [-0.39, 0.29) is 0 Å². The SMILES string of the molecule is COc1ccc(CCN2CCN(CCCOc3ccc4c(c3)OCO4)CC2)cc1. The highest BCUT2D eigenvalue weighted by atomic mass is 16.7. The second-order valence-electron chi connectivity index (χ2n) is 7.50. The summed E-state index contributed by atoms with van der Waals surface area (Å²) in [5, 5.41) is 0. The monoisotopic (exact) mass is 398 g/mol. The molecule has 0 aliphatic carbocycles. The van der Waals surface area contributed by atoms with E-state index in [4.69, 9.17) is 18.9 Å². The smallest absolute Gasteiger partial charge is 0.231 e. The number of piperazine rings is 1. The van der Waals surface area contributed by atoms with Crippen molar-refractivity contribution in [1.29, 1.82) is 0 Å². The summed E-state index contributed by atoms with van der Waals surface area (Å²) in [7, 11) is 1.71. The van der Waals surface area contributed by atoms with Crippen LogP contribution in [0, 0.1) is 0 Å². The summed E-state index contributed by atoms with van der Waals surface area (Å²) in [6.45, 7) is 7.75.